The first-order valence-corrected chi connectivity index (χ1v) is 11.0. The van der Waals surface area contributed by atoms with E-state index in [2.05, 4.69) is 10.3 Å². The van der Waals surface area contributed by atoms with E-state index in [0.29, 0.717) is 30.9 Å². The van der Waals surface area contributed by atoms with Crippen LogP contribution in [0.1, 0.15) is 26.2 Å². The molecule has 7 nitrogen and oxygen atoms in total. The number of carbonyl (C=O) groups excluding carboxylic acids is 1. The van der Waals surface area contributed by atoms with Gasteiger partial charge in [-0.05, 0) is 55.5 Å². The summed E-state index contributed by atoms with van der Waals surface area (Å²) in [4.78, 5) is 31.3. The summed E-state index contributed by atoms with van der Waals surface area (Å²) in [5.41, 5.74) is 3.04. The molecule has 0 aliphatic carbocycles. The van der Waals surface area contributed by atoms with E-state index in [0.717, 1.165) is 22.0 Å². The van der Waals surface area contributed by atoms with Crippen LogP contribution in [0.25, 0.3) is 22.5 Å². The molecule has 9 heteroatoms. The number of pyridine rings is 1. The number of hydrogen-bond acceptors (Lipinski definition) is 5. The van der Waals surface area contributed by atoms with E-state index in [9.17, 15) is 14.0 Å². The van der Waals surface area contributed by atoms with Crippen LogP contribution in [0.3, 0.4) is 0 Å². The largest absolute Gasteiger partial charge is 0.481 e. The predicted octanol–water partition coefficient (Wildman–Crippen LogP) is 4.69. The molecule has 2 heterocycles. The molecule has 0 unspecified atom stereocenters. The summed E-state index contributed by atoms with van der Waals surface area (Å²) in [5, 5.41) is 12.4. The van der Waals surface area contributed by atoms with Crippen LogP contribution in [0, 0.1) is 5.82 Å². The summed E-state index contributed by atoms with van der Waals surface area (Å²) < 4.78 is 15.5. The van der Waals surface area contributed by atoms with E-state index in [4.69, 9.17) is 10.1 Å². The van der Waals surface area contributed by atoms with Crippen molar-refractivity contribution < 1.29 is 19.1 Å². The number of halogens is 1. The van der Waals surface area contributed by atoms with Gasteiger partial charge < -0.3 is 15.0 Å². The fourth-order valence-corrected chi connectivity index (χ4v) is 3.86. The molecule has 31 heavy (non-hydrogen) atoms. The lowest BCUT2D eigenvalue weighted by molar-refractivity contribution is -0.137. The van der Waals surface area contributed by atoms with Crippen molar-refractivity contribution in [3.63, 3.8) is 0 Å². The minimum absolute atomic E-state index is 0.103. The van der Waals surface area contributed by atoms with Gasteiger partial charge in [-0.2, -0.15) is 0 Å². The maximum absolute atomic E-state index is 13.5. The molecule has 0 aliphatic heterocycles. The molecule has 0 saturated heterocycles. The van der Waals surface area contributed by atoms with Crippen molar-refractivity contribution in [1.82, 2.24) is 14.5 Å². The van der Waals surface area contributed by atoms with Crippen molar-refractivity contribution >= 4 is 29.5 Å². The third-order valence-corrected chi connectivity index (χ3v) is 5.27. The Kier molecular flexibility index (Phi) is 7.41. The van der Waals surface area contributed by atoms with Gasteiger partial charge in [0.2, 0.25) is 5.91 Å². The Balaban J connectivity index is 2.10. The summed E-state index contributed by atoms with van der Waals surface area (Å²) in [7, 11) is 0. The Labute approximate surface area is 183 Å². The number of rotatable bonds is 9. The number of thioether (sulfide) groups is 1. The second-order valence-electron chi connectivity index (χ2n) is 6.92. The lowest BCUT2D eigenvalue weighted by Gasteiger charge is -2.13. The number of aliphatic carboxylic acids is 1. The van der Waals surface area contributed by atoms with E-state index < -0.39 is 5.97 Å². The summed E-state index contributed by atoms with van der Waals surface area (Å²) in [5.74, 6) is -0.966. The van der Waals surface area contributed by atoms with Crippen LogP contribution < -0.4 is 5.32 Å². The van der Waals surface area contributed by atoms with Crippen molar-refractivity contribution in [1.29, 1.82) is 0 Å². The second kappa shape index (κ2) is 10.2. The van der Waals surface area contributed by atoms with Crippen molar-refractivity contribution in [2.75, 3.05) is 11.6 Å². The first-order valence-electron chi connectivity index (χ1n) is 9.75. The SMILES string of the molecule is CSc1nc(-c2ccc(F)cc2)c(-c2ccnc(NC(C)=O)c2)n1CCCCC(=O)O. The van der Waals surface area contributed by atoms with Crippen molar-refractivity contribution in [3.05, 3.63) is 48.4 Å². The molecule has 1 aromatic carbocycles. The predicted molar refractivity (Wildman–Crippen MR) is 118 cm³/mol. The summed E-state index contributed by atoms with van der Waals surface area (Å²) in [6.45, 7) is 1.99. The van der Waals surface area contributed by atoms with Gasteiger partial charge in [0.05, 0.1) is 11.4 Å². The first-order chi connectivity index (χ1) is 14.9. The molecule has 0 fully saturated rings. The number of benzene rings is 1. The molecule has 2 aromatic heterocycles. The number of imidazole rings is 1. The number of hydrogen-bond donors (Lipinski definition) is 2. The number of nitrogens with zero attached hydrogens (tertiary/aromatic N) is 3. The smallest absolute Gasteiger partial charge is 0.303 e. The van der Waals surface area contributed by atoms with E-state index in [-0.39, 0.29) is 18.1 Å². The van der Waals surface area contributed by atoms with Gasteiger partial charge in [-0.3, -0.25) is 9.59 Å². The number of carbonyl (C=O) groups is 2. The van der Waals surface area contributed by atoms with Crippen LogP contribution in [0.5, 0.6) is 0 Å². The molecule has 3 aromatic rings. The summed E-state index contributed by atoms with van der Waals surface area (Å²) in [6, 6.07) is 9.72. The van der Waals surface area contributed by atoms with Gasteiger partial charge in [0.1, 0.15) is 11.6 Å². The average molecular weight is 443 g/mol. The van der Waals surface area contributed by atoms with Crippen molar-refractivity contribution in [3.8, 4) is 22.5 Å². The molecular formula is C22H23FN4O3S. The maximum atomic E-state index is 13.5. The summed E-state index contributed by atoms with van der Waals surface area (Å²) in [6.07, 6.45) is 4.83. The van der Waals surface area contributed by atoms with Gasteiger partial charge in [-0.25, -0.2) is 14.4 Å². The van der Waals surface area contributed by atoms with Crippen molar-refractivity contribution in [2.45, 2.75) is 37.9 Å². The first kappa shape index (κ1) is 22.5. The Morgan fingerprint density at radius 2 is 1.90 bits per heavy atom. The van der Waals surface area contributed by atoms with E-state index >= 15 is 0 Å². The quantitative estimate of drug-likeness (QED) is 0.369. The maximum Gasteiger partial charge on any atom is 0.303 e. The third-order valence-electron chi connectivity index (χ3n) is 4.59. The molecule has 1 amide bonds. The topological polar surface area (TPSA) is 97.1 Å². The molecule has 3 rings (SSSR count). The third kappa shape index (κ3) is 5.69. The zero-order valence-corrected chi connectivity index (χ0v) is 18.1. The van der Waals surface area contributed by atoms with Gasteiger partial charge in [0.15, 0.2) is 5.16 Å². The number of nitrogens with one attached hydrogen (secondary N) is 1. The standard InChI is InChI=1S/C22H23FN4O3S/c1-14(28)25-18-13-16(10-11-24-18)21-20(15-6-8-17(23)9-7-15)26-22(31-2)27(21)12-4-3-5-19(29)30/h6-11,13H,3-5,12H2,1-2H3,(H,29,30)(H,24,25,28). The minimum Gasteiger partial charge on any atom is -0.481 e. The van der Waals surface area contributed by atoms with E-state index in [1.165, 1.54) is 30.8 Å². The van der Waals surface area contributed by atoms with Crippen LogP contribution in [-0.2, 0) is 16.1 Å². The average Bonchev–Trinajstić information content (AvgIpc) is 3.10. The minimum atomic E-state index is -0.822. The molecular weight excluding hydrogens is 419 g/mol. The highest BCUT2D eigenvalue weighted by Crippen LogP contribution is 2.36. The Morgan fingerprint density at radius 3 is 2.55 bits per heavy atom. The number of aromatic nitrogens is 3. The fraction of sp³-hybridized carbons (Fsp3) is 0.273. The fourth-order valence-electron chi connectivity index (χ4n) is 3.27. The van der Waals surface area contributed by atoms with Crippen LogP contribution in [0.4, 0.5) is 10.2 Å². The zero-order chi connectivity index (χ0) is 22.4. The Bertz CT molecular complexity index is 1080. The Morgan fingerprint density at radius 1 is 1.16 bits per heavy atom. The van der Waals surface area contributed by atoms with Crippen LogP contribution >= 0.6 is 11.8 Å². The number of amides is 1. The monoisotopic (exact) mass is 442 g/mol. The molecule has 162 valence electrons. The zero-order valence-electron chi connectivity index (χ0n) is 17.3. The van der Waals surface area contributed by atoms with Crippen LogP contribution in [0.2, 0.25) is 0 Å². The number of carboxylic acids is 1. The normalized spacial score (nSPS) is 10.8. The van der Waals surface area contributed by atoms with Gasteiger partial charge in [-0.1, -0.05) is 11.8 Å². The number of unbranched alkanes of at least 4 members (excludes halogenated alkanes) is 1. The Hall–Kier alpha value is -3.20. The lowest BCUT2D eigenvalue weighted by Crippen LogP contribution is -2.08. The highest BCUT2D eigenvalue weighted by Gasteiger charge is 2.20. The van der Waals surface area contributed by atoms with Gasteiger partial charge in [0, 0.05) is 37.2 Å². The second-order valence-corrected chi connectivity index (χ2v) is 7.69. The van der Waals surface area contributed by atoms with E-state index in [1.54, 1.807) is 24.4 Å². The van der Waals surface area contributed by atoms with Crippen LogP contribution in [-0.4, -0.2) is 37.8 Å². The highest BCUT2D eigenvalue weighted by atomic mass is 32.2. The molecule has 0 bridgehead atoms. The molecule has 0 atom stereocenters. The lowest BCUT2D eigenvalue weighted by atomic mass is 10.0. The number of anilines is 1. The molecule has 0 spiro atoms. The molecule has 2 N–H and O–H groups in total. The summed E-state index contributed by atoms with van der Waals surface area (Å²) >= 11 is 1.48. The highest BCUT2D eigenvalue weighted by molar-refractivity contribution is 7.98. The molecule has 0 saturated carbocycles. The van der Waals surface area contributed by atoms with Gasteiger partial charge >= 0.3 is 5.97 Å². The van der Waals surface area contributed by atoms with E-state index in [1.807, 2.05) is 16.9 Å². The molecule has 0 radical (unpaired) electrons. The number of carboxylic acid groups (broad SMARTS) is 1. The molecule has 0 aliphatic rings. The van der Waals surface area contributed by atoms with Crippen LogP contribution in [0.15, 0.2) is 47.8 Å². The van der Waals surface area contributed by atoms with Gasteiger partial charge in [-0.15, -0.1) is 0 Å². The van der Waals surface area contributed by atoms with Crippen molar-refractivity contribution in [2.24, 2.45) is 0 Å². The van der Waals surface area contributed by atoms with Gasteiger partial charge in [0.25, 0.3) is 0 Å².